The molecule has 1 heterocycles. The Labute approximate surface area is 225 Å². The Morgan fingerprint density at radius 1 is 0.711 bits per heavy atom. The van der Waals surface area contributed by atoms with Gasteiger partial charge in [0, 0.05) is 67.7 Å². The van der Waals surface area contributed by atoms with Crippen molar-refractivity contribution in [3.63, 3.8) is 0 Å². The lowest BCUT2D eigenvalue weighted by molar-refractivity contribution is -0.152. The van der Waals surface area contributed by atoms with Crippen molar-refractivity contribution < 1.29 is 57.8 Å². The first-order valence-electron chi connectivity index (χ1n) is 12.4. The Kier molecular flexibility index (Phi) is 27.8. The van der Waals surface area contributed by atoms with Crippen LogP contribution in [0.4, 0.5) is 0 Å². The summed E-state index contributed by atoms with van der Waals surface area (Å²) in [6, 6.07) is 0. The highest BCUT2D eigenvalue weighted by molar-refractivity contribution is 5.92. The smallest absolute Gasteiger partial charge is 0.314 e. The highest BCUT2D eigenvalue weighted by Crippen LogP contribution is 2.04. The van der Waals surface area contributed by atoms with Gasteiger partial charge in [-0.05, 0) is 0 Å². The zero-order valence-electron chi connectivity index (χ0n) is 23.2. The van der Waals surface area contributed by atoms with Crippen LogP contribution in [0, 0.1) is 0 Å². The Hall–Kier alpha value is -2.20. The molecule has 0 aromatic carbocycles. The van der Waals surface area contributed by atoms with Gasteiger partial charge in [0.2, 0.25) is 0 Å². The standard InChI is InChI=1S/C12H23NO6.C8H19NO3.C4H4O3/c1-17-8-5-13(6-9-18-2)7-10-19-12(16)4-3-11(14)15;1-11-7-4-9(3-6-10)5-8-12-2;5-3-1-2-4(6)7-3/h3-10H2,1-2H3,(H,14,15);10H,3-8H2,1-2H3;1-2H2. The number of cyclic esters (lactones) is 2. The van der Waals surface area contributed by atoms with E-state index in [1.54, 1.807) is 28.4 Å². The molecule has 0 spiro atoms. The van der Waals surface area contributed by atoms with Gasteiger partial charge in [0.25, 0.3) is 0 Å². The van der Waals surface area contributed by atoms with Crippen LogP contribution in [0.5, 0.6) is 0 Å². The van der Waals surface area contributed by atoms with Crippen molar-refractivity contribution in [3.05, 3.63) is 0 Å². The van der Waals surface area contributed by atoms with Crippen LogP contribution in [0.3, 0.4) is 0 Å². The second-order valence-electron chi connectivity index (χ2n) is 7.84. The molecule has 0 aromatic heterocycles. The highest BCUT2D eigenvalue weighted by Gasteiger charge is 2.19. The molecule has 14 nitrogen and oxygen atoms in total. The van der Waals surface area contributed by atoms with E-state index in [1.807, 2.05) is 0 Å². The average Bonchev–Trinajstić information content (AvgIpc) is 3.28. The van der Waals surface area contributed by atoms with Crippen LogP contribution in [0.15, 0.2) is 0 Å². The summed E-state index contributed by atoms with van der Waals surface area (Å²) < 4.78 is 28.9. The molecular weight excluding hydrogens is 508 g/mol. The number of carboxylic acids is 1. The topological polar surface area (TPSA) is 171 Å². The van der Waals surface area contributed by atoms with Gasteiger partial charge in [-0.2, -0.15) is 0 Å². The molecule has 0 bridgehead atoms. The summed E-state index contributed by atoms with van der Waals surface area (Å²) >= 11 is 0. The van der Waals surface area contributed by atoms with Gasteiger partial charge in [0.05, 0.1) is 58.7 Å². The van der Waals surface area contributed by atoms with Crippen molar-refractivity contribution in [1.82, 2.24) is 9.80 Å². The number of ether oxygens (including phenoxy) is 6. The zero-order chi connectivity index (χ0) is 29.0. The Balaban J connectivity index is 0. The molecule has 1 rings (SSSR count). The van der Waals surface area contributed by atoms with Crippen LogP contribution in [-0.2, 0) is 47.6 Å². The molecule has 1 aliphatic rings. The van der Waals surface area contributed by atoms with Crippen LogP contribution in [0.2, 0.25) is 0 Å². The van der Waals surface area contributed by atoms with Crippen molar-refractivity contribution in [1.29, 1.82) is 0 Å². The number of aliphatic hydroxyl groups is 1. The van der Waals surface area contributed by atoms with E-state index in [2.05, 4.69) is 14.5 Å². The average molecular weight is 555 g/mol. The van der Waals surface area contributed by atoms with E-state index >= 15 is 0 Å². The molecule has 1 fully saturated rings. The summed E-state index contributed by atoms with van der Waals surface area (Å²) in [5, 5.41) is 17.1. The van der Waals surface area contributed by atoms with E-state index in [4.69, 9.17) is 33.9 Å². The van der Waals surface area contributed by atoms with E-state index in [-0.39, 0.29) is 38.9 Å². The summed E-state index contributed by atoms with van der Waals surface area (Å²) in [4.78, 5) is 45.7. The van der Waals surface area contributed by atoms with Gasteiger partial charge >= 0.3 is 23.9 Å². The largest absolute Gasteiger partial charge is 0.481 e. The quantitative estimate of drug-likeness (QED) is 0.145. The van der Waals surface area contributed by atoms with Crippen LogP contribution in [0.25, 0.3) is 0 Å². The molecule has 0 unspecified atom stereocenters. The van der Waals surface area contributed by atoms with E-state index in [1.165, 1.54) is 0 Å². The van der Waals surface area contributed by atoms with Crippen molar-refractivity contribution in [2.45, 2.75) is 25.7 Å². The second kappa shape index (κ2) is 27.8. The predicted molar refractivity (Wildman–Crippen MR) is 136 cm³/mol. The maximum absolute atomic E-state index is 11.2. The van der Waals surface area contributed by atoms with Gasteiger partial charge < -0.3 is 38.6 Å². The molecule has 224 valence electrons. The minimum Gasteiger partial charge on any atom is -0.481 e. The van der Waals surface area contributed by atoms with E-state index in [0.29, 0.717) is 39.5 Å². The number of nitrogens with zero attached hydrogens (tertiary/aromatic N) is 2. The van der Waals surface area contributed by atoms with Crippen molar-refractivity contribution >= 4 is 23.9 Å². The number of esters is 3. The first kappa shape index (κ1) is 37.9. The lowest BCUT2D eigenvalue weighted by atomic mass is 10.3. The number of carbonyl (C=O) groups is 4. The van der Waals surface area contributed by atoms with E-state index in [9.17, 15) is 19.2 Å². The van der Waals surface area contributed by atoms with Gasteiger partial charge in [0.15, 0.2) is 0 Å². The lowest BCUT2D eigenvalue weighted by Crippen LogP contribution is -2.34. The van der Waals surface area contributed by atoms with Gasteiger partial charge in [0.1, 0.15) is 6.61 Å². The number of carbonyl (C=O) groups excluding carboxylic acids is 3. The minimum absolute atomic E-state index is 0.0918. The van der Waals surface area contributed by atoms with Gasteiger partial charge in [-0.3, -0.25) is 29.0 Å². The Bertz CT molecular complexity index is 591. The van der Waals surface area contributed by atoms with Crippen molar-refractivity contribution in [2.24, 2.45) is 0 Å². The fourth-order valence-electron chi connectivity index (χ4n) is 2.70. The molecule has 0 saturated carbocycles. The molecule has 0 aliphatic carbocycles. The number of aliphatic hydroxyl groups excluding tert-OH is 1. The van der Waals surface area contributed by atoms with E-state index < -0.39 is 23.9 Å². The molecule has 0 radical (unpaired) electrons. The highest BCUT2D eigenvalue weighted by atomic mass is 16.6. The van der Waals surface area contributed by atoms with Crippen LogP contribution in [-0.4, -0.2) is 151 Å². The fraction of sp³-hybridized carbons (Fsp3) is 0.833. The third-order valence-electron chi connectivity index (χ3n) is 4.84. The van der Waals surface area contributed by atoms with E-state index in [0.717, 1.165) is 26.2 Å². The second-order valence-corrected chi connectivity index (χ2v) is 7.84. The first-order valence-corrected chi connectivity index (χ1v) is 12.4. The SMILES string of the molecule is COCCN(CCO)CCOC.COCCN(CCOC)CCOC(=O)CCC(=O)O.O=C1CCC(=O)O1. The first-order chi connectivity index (χ1) is 18.2. The molecule has 0 aromatic rings. The third-order valence-corrected chi connectivity index (χ3v) is 4.84. The Morgan fingerprint density at radius 3 is 1.42 bits per heavy atom. The maximum Gasteiger partial charge on any atom is 0.314 e. The normalized spacial score (nSPS) is 12.5. The summed E-state index contributed by atoms with van der Waals surface area (Å²) in [7, 11) is 6.60. The fourth-order valence-corrected chi connectivity index (χ4v) is 2.70. The summed E-state index contributed by atoms with van der Waals surface area (Å²) in [6.45, 7) is 7.43. The maximum atomic E-state index is 11.2. The van der Waals surface area contributed by atoms with Crippen LogP contribution < -0.4 is 0 Å². The molecule has 0 atom stereocenters. The minimum atomic E-state index is -1.00. The van der Waals surface area contributed by atoms with Gasteiger partial charge in [-0.15, -0.1) is 0 Å². The molecular formula is C24H46N2O12. The van der Waals surface area contributed by atoms with Crippen LogP contribution in [0.1, 0.15) is 25.7 Å². The number of methoxy groups -OCH3 is 4. The van der Waals surface area contributed by atoms with Crippen molar-refractivity contribution in [2.75, 3.05) is 107 Å². The zero-order valence-corrected chi connectivity index (χ0v) is 23.2. The third kappa shape index (κ3) is 26.9. The summed E-state index contributed by atoms with van der Waals surface area (Å²) in [6.07, 6.45) is 0.235. The molecule has 0 amide bonds. The molecule has 1 aliphatic heterocycles. The Morgan fingerprint density at radius 2 is 1.11 bits per heavy atom. The number of rotatable bonds is 20. The van der Waals surface area contributed by atoms with Crippen LogP contribution >= 0.6 is 0 Å². The number of carboxylic acid groups (broad SMARTS) is 1. The number of hydrogen-bond acceptors (Lipinski definition) is 13. The molecule has 1 saturated heterocycles. The van der Waals surface area contributed by atoms with Gasteiger partial charge in [-0.25, -0.2) is 0 Å². The molecule has 2 N–H and O–H groups in total. The predicted octanol–water partition coefficient (Wildman–Crippen LogP) is -0.587. The lowest BCUT2D eigenvalue weighted by Gasteiger charge is -2.21. The molecule has 38 heavy (non-hydrogen) atoms. The van der Waals surface area contributed by atoms with Gasteiger partial charge in [-0.1, -0.05) is 0 Å². The number of aliphatic carboxylic acids is 1. The monoisotopic (exact) mass is 554 g/mol. The summed E-state index contributed by atoms with van der Waals surface area (Å²) in [5.41, 5.74) is 0. The van der Waals surface area contributed by atoms with Crippen molar-refractivity contribution in [3.8, 4) is 0 Å². The molecule has 14 heteroatoms. The summed E-state index contributed by atoms with van der Waals surface area (Å²) in [5.74, 6) is -2.28. The number of hydrogen-bond donors (Lipinski definition) is 2.